The summed E-state index contributed by atoms with van der Waals surface area (Å²) in [6.07, 6.45) is 0.334. The highest BCUT2D eigenvalue weighted by molar-refractivity contribution is 6.02. The fourth-order valence-corrected chi connectivity index (χ4v) is 1.15. The number of esters is 1. The molecule has 0 amide bonds. The lowest BCUT2D eigenvalue weighted by Crippen LogP contribution is -2.12. The maximum absolute atomic E-state index is 11.5. The average molecular weight is 224 g/mol. The molecule has 0 saturated heterocycles. The summed E-state index contributed by atoms with van der Waals surface area (Å²) in [5.41, 5.74) is -0.0653. The molecule has 1 aromatic rings. The molecule has 1 aromatic carbocycles. The van der Waals surface area contributed by atoms with Crippen molar-refractivity contribution in [1.29, 1.82) is 0 Å². The van der Waals surface area contributed by atoms with Crippen molar-refractivity contribution in [3.05, 3.63) is 35.4 Å². The van der Waals surface area contributed by atoms with Crippen LogP contribution < -0.4 is 0 Å². The number of rotatable bonds is 5. The summed E-state index contributed by atoms with van der Waals surface area (Å²) in [5, 5.41) is 17.3. The smallest absolute Gasteiger partial charge is 0.339 e. The molecule has 0 aliphatic heterocycles. The van der Waals surface area contributed by atoms with Crippen LogP contribution in [0.3, 0.4) is 0 Å². The SMILES string of the molecule is O=C(O)c1ccccc1C(=O)OCCCO. The van der Waals surface area contributed by atoms with Crippen LogP contribution in [0.25, 0.3) is 0 Å². The molecular formula is C11H12O5. The Morgan fingerprint density at radius 3 is 2.38 bits per heavy atom. The molecule has 86 valence electrons. The molecule has 0 spiro atoms. The van der Waals surface area contributed by atoms with Gasteiger partial charge in [0.25, 0.3) is 0 Å². The van der Waals surface area contributed by atoms with Gasteiger partial charge in [-0.25, -0.2) is 9.59 Å². The zero-order chi connectivity index (χ0) is 12.0. The number of hydrogen-bond donors (Lipinski definition) is 2. The van der Waals surface area contributed by atoms with Crippen molar-refractivity contribution in [1.82, 2.24) is 0 Å². The quantitative estimate of drug-likeness (QED) is 0.574. The third-order valence-corrected chi connectivity index (χ3v) is 1.91. The Morgan fingerprint density at radius 1 is 1.19 bits per heavy atom. The van der Waals surface area contributed by atoms with Gasteiger partial charge in [0.1, 0.15) is 0 Å². The van der Waals surface area contributed by atoms with Gasteiger partial charge in [0.15, 0.2) is 0 Å². The summed E-state index contributed by atoms with van der Waals surface area (Å²) < 4.78 is 4.80. The van der Waals surface area contributed by atoms with Crippen LogP contribution in [0.2, 0.25) is 0 Å². The van der Waals surface area contributed by atoms with Crippen molar-refractivity contribution in [3.8, 4) is 0 Å². The highest BCUT2D eigenvalue weighted by Crippen LogP contribution is 2.10. The van der Waals surface area contributed by atoms with Gasteiger partial charge in [0.05, 0.1) is 17.7 Å². The molecule has 0 unspecified atom stereocenters. The molecule has 0 saturated carbocycles. The van der Waals surface area contributed by atoms with E-state index in [-0.39, 0.29) is 24.3 Å². The summed E-state index contributed by atoms with van der Waals surface area (Å²) in [4.78, 5) is 22.3. The van der Waals surface area contributed by atoms with E-state index in [1.165, 1.54) is 18.2 Å². The minimum Gasteiger partial charge on any atom is -0.478 e. The van der Waals surface area contributed by atoms with Gasteiger partial charge in [-0.15, -0.1) is 0 Å². The Kier molecular flexibility index (Phi) is 4.47. The summed E-state index contributed by atoms with van der Waals surface area (Å²) in [5.74, 6) is -1.86. The minimum absolute atomic E-state index is 0.0212. The van der Waals surface area contributed by atoms with Crippen molar-refractivity contribution < 1.29 is 24.5 Å². The van der Waals surface area contributed by atoms with Crippen LogP contribution in [0.15, 0.2) is 24.3 Å². The first-order chi connectivity index (χ1) is 7.66. The van der Waals surface area contributed by atoms with Gasteiger partial charge >= 0.3 is 11.9 Å². The van der Waals surface area contributed by atoms with E-state index in [1.807, 2.05) is 0 Å². The monoisotopic (exact) mass is 224 g/mol. The Hall–Kier alpha value is -1.88. The number of carbonyl (C=O) groups is 2. The molecule has 0 fully saturated rings. The van der Waals surface area contributed by atoms with Crippen LogP contribution in [-0.2, 0) is 4.74 Å². The molecule has 0 atom stereocenters. The minimum atomic E-state index is -1.17. The zero-order valence-corrected chi connectivity index (χ0v) is 8.55. The standard InChI is InChI=1S/C11H12O5/c12-6-3-7-16-11(15)9-5-2-1-4-8(9)10(13)14/h1-2,4-5,12H,3,6-7H2,(H,13,14). The van der Waals surface area contributed by atoms with Gasteiger partial charge in [-0.3, -0.25) is 0 Å². The number of carboxylic acids is 1. The maximum atomic E-state index is 11.5. The molecule has 0 radical (unpaired) electrons. The van der Waals surface area contributed by atoms with Crippen LogP contribution in [-0.4, -0.2) is 35.4 Å². The molecule has 16 heavy (non-hydrogen) atoms. The van der Waals surface area contributed by atoms with Crippen molar-refractivity contribution in [2.24, 2.45) is 0 Å². The molecule has 1 rings (SSSR count). The Morgan fingerprint density at radius 2 is 1.81 bits per heavy atom. The molecular weight excluding hydrogens is 212 g/mol. The summed E-state index contributed by atoms with van der Waals surface area (Å²) >= 11 is 0. The van der Waals surface area contributed by atoms with E-state index in [1.54, 1.807) is 6.07 Å². The highest BCUT2D eigenvalue weighted by Gasteiger charge is 2.16. The molecule has 0 heterocycles. The second-order valence-electron chi connectivity index (χ2n) is 3.06. The molecule has 0 aliphatic carbocycles. The summed E-state index contributed by atoms with van der Waals surface area (Å²) in [6.45, 7) is -0.00283. The maximum Gasteiger partial charge on any atom is 0.339 e. The predicted molar refractivity (Wildman–Crippen MR) is 55.4 cm³/mol. The number of aliphatic hydroxyl groups excluding tert-OH is 1. The fraction of sp³-hybridized carbons (Fsp3) is 0.273. The second-order valence-corrected chi connectivity index (χ2v) is 3.06. The molecule has 0 aromatic heterocycles. The number of carboxylic acid groups (broad SMARTS) is 1. The van der Waals surface area contributed by atoms with E-state index >= 15 is 0 Å². The van der Waals surface area contributed by atoms with Gasteiger partial charge in [-0.1, -0.05) is 12.1 Å². The van der Waals surface area contributed by atoms with Crippen molar-refractivity contribution in [2.75, 3.05) is 13.2 Å². The summed E-state index contributed by atoms with van der Waals surface area (Å²) in [6, 6.07) is 5.83. The van der Waals surface area contributed by atoms with Gasteiger partial charge < -0.3 is 14.9 Å². The number of aromatic carboxylic acids is 1. The number of aliphatic hydroxyl groups is 1. The van der Waals surface area contributed by atoms with Crippen LogP contribution in [0.1, 0.15) is 27.1 Å². The molecule has 5 nitrogen and oxygen atoms in total. The Labute approximate surface area is 92.3 Å². The summed E-state index contributed by atoms with van der Waals surface area (Å²) in [7, 11) is 0. The number of hydrogen-bond acceptors (Lipinski definition) is 4. The van der Waals surface area contributed by atoms with Gasteiger partial charge in [-0.2, -0.15) is 0 Å². The molecule has 0 bridgehead atoms. The Bertz CT molecular complexity index is 386. The Balaban J connectivity index is 2.78. The van der Waals surface area contributed by atoms with E-state index in [2.05, 4.69) is 0 Å². The predicted octanol–water partition coefficient (Wildman–Crippen LogP) is 0.924. The van der Waals surface area contributed by atoms with Crippen molar-refractivity contribution in [3.63, 3.8) is 0 Å². The lowest BCUT2D eigenvalue weighted by atomic mass is 10.1. The fourth-order valence-electron chi connectivity index (χ4n) is 1.15. The zero-order valence-electron chi connectivity index (χ0n) is 8.55. The molecule has 5 heteroatoms. The highest BCUT2D eigenvalue weighted by atomic mass is 16.5. The van der Waals surface area contributed by atoms with Crippen LogP contribution in [0, 0.1) is 0 Å². The van der Waals surface area contributed by atoms with Crippen LogP contribution >= 0.6 is 0 Å². The molecule has 0 aliphatic rings. The lowest BCUT2D eigenvalue weighted by Gasteiger charge is -2.05. The van der Waals surface area contributed by atoms with E-state index in [0.717, 1.165) is 0 Å². The van der Waals surface area contributed by atoms with Gasteiger partial charge in [0.2, 0.25) is 0 Å². The molecule has 2 N–H and O–H groups in total. The first-order valence-corrected chi connectivity index (χ1v) is 4.77. The third kappa shape index (κ3) is 3.06. The second kappa shape index (κ2) is 5.87. The topological polar surface area (TPSA) is 83.8 Å². The first kappa shape index (κ1) is 12.2. The van der Waals surface area contributed by atoms with Gasteiger partial charge in [0, 0.05) is 13.0 Å². The van der Waals surface area contributed by atoms with Crippen LogP contribution in [0.5, 0.6) is 0 Å². The average Bonchev–Trinajstić information content (AvgIpc) is 2.29. The van der Waals surface area contributed by atoms with Crippen molar-refractivity contribution in [2.45, 2.75) is 6.42 Å². The van der Waals surface area contributed by atoms with Crippen LogP contribution in [0.4, 0.5) is 0 Å². The normalized spacial score (nSPS) is 9.81. The largest absolute Gasteiger partial charge is 0.478 e. The van der Waals surface area contributed by atoms with E-state index in [9.17, 15) is 9.59 Å². The number of ether oxygens (including phenoxy) is 1. The number of carbonyl (C=O) groups excluding carboxylic acids is 1. The van der Waals surface area contributed by atoms with E-state index in [0.29, 0.717) is 6.42 Å². The third-order valence-electron chi connectivity index (χ3n) is 1.91. The number of benzene rings is 1. The van der Waals surface area contributed by atoms with E-state index < -0.39 is 11.9 Å². The van der Waals surface area contributed by atoms with E-state index in [4.69, 9.17) is 14.9 Å². The van der Waals surface area contributed by atoms with Crippen molar-refractivity contribution >= 4 is 11.9 Å². The van der Waals surface area contributed by atoms with Gasteiger partial charge in [-0.05, 0) is 12.1 Å². The lowest BCUT2D eigenvalue weighted by molar-refractivity contribution is 0.0472. The first-order valence-electron chi connectivity index (χ1n) is 4.77.